The zero-order valence-corrected chi connectivity index (χ0v) is 11.7. The van der Waals surface area contributed by atoms with Crippen molar-refractivity contribution in [2.75, 3.05) is 5.32 Å². The Hall–Kier alpha value is -2.10. The largest absolute Gasteiger partial charge is 0.438 e. The Balaban J connectivity index is 2.26. The molecule has 0 spiro atoms. The van der Waals surface area contributed by atoms with Crippen LogP contribution in [0.2, 0.25) is 0 Å². The molecular formula is C15H18N2O2. The van der Waals surface area contributed by atoms with Crippen LogP contribution in [0.25, 0.3) is 0 Å². The van der Waals surface area contributed by atoms with E-state index >= 15 is 0 Å². The van der Waals surface area contributed by atoms with E-state index in [-0.39, 0.29) is 17.6 Å². The normalized spacial score (nSPS) is 10.8. The molecule has 0 fully saturated rings. The second-order valence-electron chi connectivity index (χ2n) is 4.99. The van der Waals surface area contributed by atoms with E-state index in [1.807, 2.05) is 45.9 Å². The van der Waals surface area contributed by atoms with Crippen molar-refractivity contribution < 1.29 is 9.21 Å². The summed E-state index contributed by atoms with van der Waals surface area (Å²) in [6, 6.07) is 5.94. The minimum atomic E-state index is -0.255. The molecule has 2 rings (SSSR count). The summed E-state index contributed by atoms with van der Waals surface area (Å²) in [5, 5.41) is 2.88. The molecule has 0 aliphatic rings. The van der Waals surface area contributed by atoms with Gasteiger partial charge in [0.2, 0.25) is 5.76 Å². The number of anilines is 1. The predicted octanol–water partition coefficient (Wildman–Crippen LogP) is 3.67. The fourth-order valence-electron chi connectivity index (χ4n) is 1.89. The second kappa shape index (κ2) is 5.26. The lowest BCUT2D eigenvalue weighted by molar-refractivity contribution is 0.0995. The first-order chi connectivity index (χ1) is 8.99. The molecule has 0 radical (unpaired) electrons. The molecule has 0 aliphatic heterocycles. The maximum absolute atomic E-state index is 12.2. The van der Waals surface area contributed by atoms with Gasteiger partial charge in [-0.3, -0.25) is 4.79 Å². The maximum atomic E-state index is 12.2. The molecule has 19 heavy (non-hydrogen) atoms. The van der Waals surface area contributed by atoms with Gasteiger partial charge in [-0.25, -0.2) is 4.98 Å². The minimum Gasteiger partial charge on any atom is -0.438 e. The fourth-order valence-corrected chi connectivity index (χ4v) is 1.89. The van der Waals surface area contributed by atoms with Gasteiger partial charge in [-0.15, -0.1) is 0 Å². The molecule has 0 saturated heterocycles. The number of amides is 1. The van der Waals surface area contributed by atoms with E-state index in [0.717, 1.165) is 16.8 Å². The molecule has 4 nitrogen and oxygen atoms in total. The third-order valence-electron chi connectivity index (χ3n) is 2.99. The summed E-state index contributed by atoms with van der Waals surface area (Å²) in [6.07, 6.45) is 1.31. The number of aryl methyl sites for hydroxylation is 2. The molecule has 1 heterocycles. The highest BCUT2D eigenvalue weighted by molar-refractivity contribution is 6.03. The Bertz CT molecular complexity index is 600. The molecule has 1 N–H and O–H groups in total. The summed E-state index contributed by atoms with van der Waals surface area (Å²) < 4.78 is 5.21. The van der Waals surface area contributed by atoms with Crippen molar-refractivity contribution in [1.29, 1.82) is 0 Å². The summed E-state index contributed by atoms with van der Waals surface area (Å²) in [5.74, 6) is 0.184. The Labute approximate surface area is 112 Å². The van der Waals surface area contributed by atoms with Crippen molar-refractivity contribution in [2.24, 2.45) is 0 Å². The summed E-state index contributed by atoms with van der Waals surface area (Å²) in [4.78, 5) is 16.3. The maximum Gasteiger partial charge on any atom is 0.293 e. The van der Waals surface area contributed by atoms with Crippen molar-refractivity contribution in [2.45, 2.75) is 33.6 Å². The molecule has 0 atom stereocenters. The topological polar surface area (TPSA) is 55.1 Å². The van der Waals surface area contributed by atoms with E-state index in [0.29, 0.717) is 5.69 Å². The van der Waals surface area contributed by atoms with Crippen LogP contribution in [0.15, 0.2) is 29.0 Å². The first-order valence-corrected chi connectivity index (χ1v) is 6.31. The Kier molecular flexibility index (Phi) is 3.69. The molecule has 1 aromatic carbocycles. The van der Waals surface area contributed by atoms with Crippen molar-refractivity contribution in [3.05, 3.63) is 47.2 Å². The standard InChI is InChI=1S/C15H18N2O2/c1-9(2)13-14(19-8-16-13)15(18)17-12-7-10(3)5-6-11(12)4/h5-9H,1-4H3,(H,17,18). The molecule has 1 aromatic heterocycles. The molecule has 4 heteroatoms. The lowest BCUT2D eigenvalue weighted by Crippen LogP contribution is -2.14. The number of hydrogen-bond donors (Lipinski definition) is 1. The SMILES string of the molecule is Cc1ccc(C)c(NC(=O)c2ocnc2C(C)C)c1. The Morgan fingerprint density at radius 2 is 2.05 bits per heavy atom. The molecular weight excluding hydrogens is 240 g/mol. The van der Waals surface area contributed by atoms with Gasteiger partial charge in [0, 0.05) is 5.69 Å². The minimum absolute atomic E-state index is 0.151. The number of nitrogens with zero attached hydrogens (tertiary/aromatic N) is 1. The van der Waals surface area contributed by atoms with Crippen LogP contribution in [0.5, 0.6) is 0 Å². The summed E-state index contributed by atoms with van der Waals surface area (Å²) >= 11 is 0. The first kappa shape index (κ1) is 13.3. The summed E-state index contributed by atoms with van der Waals surface area (Å²) in [5.41, 5.74) is 3.60. The van der Waals surface area contributed by atoms with Gasteiger partial charge in [0.25, 0.3) is 5.91 Å². The predicted molar refractivity (Wildman–Crippen MR) is 74.5 cm³/mol. The summed E-state index contributed by atoms with van der Waals surface area (Å²) in [6.45, 7) is 7.90. The van der Waals surface area contributed by atoms with Crippen molar-refractivity contribution >= 4 is 11.6 Å². The van der Waals surface area contributed by atoms with Gasteiger partial charge in [-0.05, 0) is 37.0 Å². The van der Waals surface area contributed by atoms with Crippen LogP contribution >= 0.6 is 0 Å². The molecule has 0 saturated carbocycles. The second-order valence-corrected chi connectivity index (χ2v) is 4.99. The van der Waals surface area contributed by atoms with E-state index in [9.17, 15) is 4.79 Å². The number of nitrogens with one attached hydrogen (secondary N) is 1. The Morgan fingerprint density at radius 1 is 1.32 bits per heavy atom. The third-order valence-corrected chi connectivity index (χ3v) is 2.99. The molecule has 0 bridgehead atoms. The van der Waals surface area contributed by atoms with Gasteiger partial charge in [0.05, 0.1) is 5.69 Å². The van der Waals surface area contributed by atoms with Gasteiger partial charge in [-0.1, -0.05) is 26.0 Å². The van der Waals surface area contributed by atoms with Crippen LogP contribution in [0, 0.1) is 13.8 Å². The lowest BCUT2D eigenvalue weighted by atomic mass is 10.1. The van der Waals surface area contributed by atoms with E-state index in [1.165, 1.54) is 6.39 Å². The van der Waals surface area contributed by atoms with Crippen LogP contribution in [0.4, 0.5) is 5.69 Å². The van der Waals surface area contributed by atoms with Gasteiger partial charge in [-0.2, -0.15) is 0 Å². The van der Waals surface area contributed by atoms with Crippen molar-refractivity contribution in [3.8, 4) is 0 Å². The van der Waals surface area contributed by atoms with E-state index in [1.54, 1.807) is 0 Å². The zero-order valence-electron chi connectivity index (χ0n) is 11.7. The van der Waals surface area contributed by atoms with Crippen molar-refractivity contribution in [3.63, 3.8) is 0 Å². The van der Waals surface area contributed by atoms with Gasteiger partial charge < -0.3 is 9.73 Å². The third kappa shape index (κ3) is 2.84. The highest BCUT2D eigenvalue weighted by Crippen LogP contribution is 2.21. The number of carbonyl (C=O) groups excluding carboxylic acids is 1. The van der Waals surface area contributed by atoms with E-state index in [4.69, 9.17) is 4.42 Å². The average molecular weight is 258 g/mol. The average Bonchev–Trinajstić information content (AvgIpc) is 2.83. The van der Waals surface area contributed by atoms with Crippen LogP contribution in [0.3, 0.4) is 0 Å². The highest BCUT2D eigenvalue weighted by atomic mass is 16.3. The number of aromatic nitrogens is 1. The number of benzene rings is 1. The first-order valence-electron chi connectivity index (χ1n) is 6.31. The van der Waals surface area contributed by atoms with Gasteiger partial charge in [0.15, 0.2) is 6.39 Å². The highest BCUT2D eigenvalue weighted by Gasteiger charge is 2.19. The fraction of sp³-hybridized carbons (Fsp3) is 0.333. The van der Waals surface area contributed by atoms with E-state index < -0.39 is 0 Å². The van der Waals surface area contributed by atoms with Gasteiger partial charge in [0.1, 0.15) is 0 Å². The lowest BCUT2D eigenvalue weighted by Gasteiger charge is -2.09. The van der Waals surface area contributed by atoms with Crippen LogP contribution < -0.4 is 5.32 Å². The number of rotatable bonds is 3. The smallest absolute Gasteiger partial charge is 0.293 e. The van der Waals surface area contributed by atoms with Crippen LogP contribution in [-0.2, 0) is 0 Å². The quantitative estimate of drug-likeness (QED) is 0.913. The Morgan fingerprint density at radius 3 is 2.74 bits per heavy atom. The zero-order chi connectivity index (χ0) is 14.0. The number of oxazole rings is 1. The molecule has 100 valence electrons. The van der Waals surface area contributed by atoms with Gasteiger partial charge >= 0.3 is 0 Å². The molecule has 0 unspecified atom stereocenters. The van der Waals surface area contributed by atoms with Crippen LogP contribution in [-0.4, -0.2) is 10.9 Å². The number of carbonyl (C=O) groups is 1. The molecule has 2 aromatic rings. The van der Waals surface area contributed by atoms with Crippen molar-refractivity contribution in [1.82, 2.24) is 4.98 Å². The molecule has 0 aliphatic carbocycles. The number of hydrogen-bond acceptors (Lipinski definition) is 3. The monoisotopic (exact) mass is 258 g/mol. The van der Waals surface area contributed by atoms with E-state index in [2.05, 4.69) is 10.3 Å². The molecule has 1 amide bonds. The van der Waals surface area contributed by atoms with Crippen LogP contribution in [0.1, 0.15) is 47.1 Å². The summed E-state index contributed by atoms with van der Waals surface area (Å²) in [7, 11) is 0.